The van der Waals surface area contributed by atoms with Crippen molar-refractivity contribution in [3.05, 3.63) is 0 Å². The van der Waals surface area contributed by atoms with Crippen molar-refractivity contribution in [1.29, 1.82) is 0 Å². The molecule has 16 heavy (non-hydrogen) atoms. The van der Waals surface area contributed by atoms with Crippen molar-refractivity contribution in [2.45, 2.75) is 58.0 Å². The molecule has 3 aliphatic heterocycles. The Hall–Kier alpha value is -0.0800. The lowest BCUT2D eigenvalue weighted by Gasteiger charge is -2.46. The van der Waals surface area contributed by atoms with E-state index in [1.165, 1.54) is 51.7 Å². The molecule has 92 valence electrons. The third-order valence-electron chi connectivity index (χ3n) is 5.07. The lowest BCUT2D eigenvalue weighted by atomic mass is 9.83. The van der Waals surface area contributed by atoms with E-state index in [0.717, 1.165) is 18.0 Å². The maximum absolute atomic E-state index is 3.96. The molecule has 0 aromatic rings. The fourth-order valence-electron chi connectivity index (χ4n) is 4.04. The van der Waals surface area contributed by atoms with Gasteiger partial charge in [0.15, 0.2) is 0 Å². The van der Waals surface area contributed by atoms with E-state index < -0.39 is 0 Å². The summed E-state index contributed by atoms with van der Waals surface area (Å²) >= 11 is 0. The Bertz CT molecular complexity index is 253. The highest BCUT2D eigenvalue weighted by Crippen LogP contribution is 2.38. The van der Waals surface area contributed by atoms with Crippen LogP contribution in [0.5, 0.6) is 0 Å². The van der Waals surface area contributed by atoms with Crippen LogP contribution in [0.2, 0.25) is 0 Å². The quantitative estimate of drug-likeness (QED) is 0.771. The molecule has 0 aromatic heterocycles. The Morgan fingerprint density at radius 1 is 1.12 bits per heavy atom. The monoisotopic (exact) mass is 222 g/mol. The molecule has 0 spiro atoms. The maximum Gasteiger partial charge on any atom is 0.0226 e. The summed E-state index contributed by atoms with van der Waals surface area (Å²) in [5.74, 6) is 0.980. The Morgan fingerprint density at radius 3 is 2.38 bits per heavy atom. The predicted molar refractivity (Wildman–Crippen MR) is 67.5 cm³/mol. The van der Waals surface area contributed by atoms with Crippen molar-refractivity contribution < 1.29 is 0 Å². The second-order valence-electron chi connectivity index (χ2n) is 7.02. The summed E-state index contributed by atoms with van der Waals surface area (Å²) in [6, 6.07) is 1.61. The van der Waals surface area contributed by atoms with Gasteiger partial charge in [-0.1, -0.05) is 13.8 Å². The van der Waals surface area contributed by atoms with E-state index in [-0.39, 0.29) is 0 Å². The van der Waals surface area contributed by atoms with Gasteiger partial charge < -0.3 is 10.2 Å². The topological polar surface area (TPSA) is 15.3 Å². The van der Waals surface area contributed by atoms with Crippen molar-refractivity contribution in [3.8, 4) is 0 Å². The minimum atomic E-state index is 0.589. The van der Waals surface area contributed by atoms with Crippen LogP contribution in [0, 0.1) is 11.3 Å². The zero-order valence-electron chi connectivity index (χ0n) is 10.8. The fourth-order valence-corrected chi connectivity index (χ4v) is 4.04. The van der Waals surface area contributed by atoms with Gasteiger partial charge in [0.1, 0.15) is 0 Å². The van der Waals surface area contributed by atoms with Crippen LogP contribution in [0.25, 0.3) is 0 Å². The molecule has 2 atom stereocenters. The first-order valence-electron chi connectivity index (χ1n) is 7.11. The summed E-state index contributed by atoms with van der Waals surface area (Å²) in [7, 11) is 0. The van der Waals surface area contributed by atoms with Crippen molar-refractivity contribution in [2.24, 2.45) is 11.3 Å². The highest BCUT2D eigenvalue weighted by atomic mass is 15.2. The van der Waals surface area contributed by atoms with E-state index in [1.807, 2.05) is 0 Å². The van der Waals surface area contributed by atoms with Crippen LogP contribution in [-0.2, 0) is 0 Å². The largest absolute Gasteiger partial charge is 0.310 e. The number of nitrogens with zero attached hydrogens (tertiary/aromatic N) is 1. The lowest BCUT2D eigenvalue weighted by Crippen LogP contribution is -2.57. The molecule has 0 amide bonds. The number of rotatable bonds is 2. The van der Waals surface area contributed by atoms with Gasteiger partial charge >= 0.3 is 0 Å². The zero-order valence-corrected chi connectivity index (χ0v) is 10.8. The molecule has 2 nitrogen and oxygen atoms in total. The SMILES string of the molecule is CC1(C)CCC(NC2CN3CCC2CC3)C1. The Morgan fingerprint density at radius 2 is 1.88 bits per heavy atom. The van der Waals surface area contributed by atoms with Crippen molar-refractivity contribution in [3.63, 3.8) is 0 Å². The summed E-state index contributed by atoms with van der Waals surface area (Å²) < 4.78 is 0. The van der Waals surface area contributed by atoms with Crippen LogP contribution in [-0.4, -0.2) is 36.6 Å². The number of fused-ring (bicyclic) bond motifs is 3. The summed E-state index contributed by atoms with van der Waals surface area (Å²) in [5.41, 5.74) is 0.589. The van der Waals surface area contributed by atoms with E-state index in [2.05, 4.69) is 24.1 Å². The summed E-state index contributed by atoms with van der Waals surface area (Å²) in [4.78, 5) is 2.65. The number of nitrogens with one attached hydrogen (secondary N) is 1. The standard InChI is InChI=1S/C14H26N2/c1-14(2)6-3-12(9-14)15-13-10-16-7-4-11(13)5-8-16/h11-13,15H,3-10H2,1-2H3. The van der Waals surface area contributed by atoms with E-state index in [4.69, 9.17) is 0 Å². The Balaban J connectivity index is 1.56. The van der Waals surface area contributed by atoms with Gasteiger partial charge in [-0.2, -0.15) is 0 Å². The zero-order chi connectivity index (χ0) is 11.2. The van der Waals surface area contributed by atoms with E-state index >= 15 is 0 Å². The third-order valence-corrected chi connectivity index (χ3v) is 5.07. The van der Waals surface area contributed by atoms with Gasteiger partial charge in [-0.05, 0) is 56.5 Å². The second-order valence-corrected chi connectivity index (χ2v) is 7.02. The van der Waals surface area contributed by atoms with Crippen molar-refractivity contribution in [2.75, 3.05) is 19.6 Å². The highest BCUT2D eigenvalue weighted by molar-refractivity contribution is 4.95. The van der Waals surface area contributed by atoms with Crippen molar-refractivity contribution in [1.82, 2.24) is 10.2 Å². The molecule has 1 aliphatic carbocycles. The van der Waals surface area contributed by atoms with Crippen LogP contribution < -0.4 is 5.32 Å². The molecule has 2 heteroatoms. The molecule has 3 saturated heterocycles. The molecule has 3 heterocycles. The summed E-state index contributed by atoms with van der Waals surface area (Å²) in [6.07, 6.45) is 7.07. The van der Waals surface area contributed by atoms with Crippen LogP contribution in [0.15, 0.2) is 0 Å². The molecule has 2 unspecified atom stereocenters. The first kappa shape index (κ1) is 11.0. The highest BCUT2D eigenvalue weighted by Gasteiger charge is 2.37. The van der Waals surface area contributed by atoms with Gasteiger partial charge in [-0.15, -0.1) is 0 Å². The molecule has 1 saturated carbocycles. The summed E-state index contributed by atoms with van der Waals surface area (Å²) in [6.45, 7) is 8.88. The number of hydrogen-bond donors (Lipinski definition) is 1. The number of hydrogen-bond acceptors (Lipinski definition) is 2. The Kier molecular flexibility index (Phi) is 2.75. The normalized spacial score (nSPS) is 46.1. The van der Waals surface area contributed by atoms with Crippen LogP contribution in [0.4, 0.5) is 0 Å². The first-order valence-corrected chi connectivity index (χ1v) is 7.11. The van der Waals surface area contributed by atoms with E-state index in [9.17, 15) is 0 Å². The molecule has 2 bridgehead atoms. The average molecular weight is 222 g/mol. The van der Waals surface area contributed by atoms with Gasteiger partial charge in [0.25, 0.3) is 0 Å². The minimum absolute atomic E-state index is 0.589. The van der Waals surface area contributed by atoms with Gasteiger partial charge in [0.2, 0.25) is 0 Å². The second kappa shape index (κ2) is 3.99. The lowest BCUT2D eigenvalue weighted by molar-refractivity contribution is 0.0667. The maximum atomic E-state index is 3.96. The van der Waals surface area contributed by atoms with Crippen molar-refractivity contribution >= 4 is 0 Å². The van der Waals surface area contributed by atoms with Gasteiger partial charge in [0, 0.05) is 18.6 Å². The van der Waals surface area contributed by atoms with Gasteiger partial charge in [0.05, 0.1) is 0 Å². The first-order chi connectivity index (χ1) is 7.62. The van der Waals surface area contributed by atoms with Crippen LogP contribution in [0.3, 0.4) is 0 Å². The predicted octanol–water partition coefficient (Wildman–Crippen LogP) is 2.25. The fraction of sp³-hybridized carbons (Fsp3) is 1.00. The smallest absolute Gasteiger partial charge is 0.0226 e. The minimum Gasteiger partial charge on any atom is -0.310 e. The summed E-state index contributed by atoms with van der Waals surface area (Å²) in [5, 5.41) is 3.96. The molecule has 4 rings (SSSR count). The van der Waals surface area contributed by atoms with Gasteiger partial charge in [-0.25, -0.2) is 0 Å². The van der Waals surface area contributed by atoms with Crippen LogP contribution in [0.1, 0.15) is 46.0 Å². The molecular formula is C14H26N2. The molecule has 1 N–H and O–H groups in total. The van der Waals surface area contributed by atoms with E-state index in [0.29, 0.717) is 5.41 Å². The molecule has 0 radical (unpaired) electrons. The molecule has 4 aliphatic rings. The van der Waals surface area contributed by atoms with Crippen LogP contribution >= 0.6 is 0 Å². The van der Waals surface area contributed by atoms with E-state index in [1.54, 1.807) is 0 Å². The third kappa shape index (κ3) is 2.14. The molecular weight excluding hydrogens is 196 g/mol. The molecule has 4 fully saturated rings. The number of piperidine rings is 3. The Labute approximate surface area is 99.8 Å². The average Bonchev–Trinajstić information content (AvgIpc) is 2.60. The van der Waals surface area contributed by atoms with Gasteiger partial charge in [-0.3, -0.25) is 0 Å². The molecule has 0 aromatic carbocycles.